The van der Waals surface area contributed by atoms with Crippen molar-refractivity contribution < 1.29 is 13.2 Å². The molecule has 154 valence electrons. The summed E-state index contributed by atoms with van der Waals surface area (Å²) in [5.74, 6) is 1.56. The van der Waals surface area contributed by atoms with Gasteiger partial charge in [-0.1, -0.05) is 27.7 Å². The maximum Gasteiger partial charge on any atom is 0.226 e. The number of hydrogen-bond acceptors (Lipinski definition) is 3. The molecule has 0 aromatic carbocycles. The minimum atomic E-state index is -2.95. The highest BCUT2D eigenvalue weighted by atomic mass is 32.2. The fraction of sp³-hybridized carbons (Fsp3) is 0.955. The Morgan fingerprint density at radius 3 is 2.04 bits per heavy atom. The molecule has 4 bridgehead atoms. The Hall–Kier alpha value is -0.580. The Kier molecular flexibility index (Phi) is 4.36. The van der Waals surface area contributed by atoms with Gasteiger partial charge in [0.05, 0.1) is 5.75 Å². The lowest BCUT2D eigenvalue weighted by molar-refractivity contribution is -0.141. The van der Waals surface area contributed by atoms with Crippen molar-refractivity contribution in [3.05, 3.63) is 0 Å². The van der Waals surface area contributed by atoms with E-state index in [9.17, 15) is 13.2 Å². The lowest BCUT2D eigenvalue weighted by atomic mass is 9.54. The summed E-state index contributed by atoms with van der Waals surface area (Å²) in [5, 5.41) is 3.51. The first-order chi connectivity index (χ1) is 12.5. The van der Waals surface area contributed by atoms with Crippen LogP contribution < -0.4 is 5.32 Å². The van der Waals surface area contributed by atoms with E-state index >= 15 is 0 Å². The zero-order chi connectivity index (χ0) is 19.7. The van der Waals surface area contributed by atoms with Crippen molar-refractivity contribution in [2.75, 3.05) is 11.5 Å². The third kappa shape index (κ3) is 2.81. The molecule has 0 unspecified atom stereocenters. The van der Waals surface area contributed by atoms with Crippen LogP contribution in [0.1, 0.15) is 85.5 Å². The number of rotatable bonds is 5. The van der Waals surface area contributed by atoms with Crippen LogP contribution in [0.5, 0.6) is 0 Å². The van der Waals surface area contributed by atoms with Crippen LogP contribution in [0.4, 0.5) is 0 Å². The monoisotopic (exact) mass is 395 g/mol. The highest BCUT2D eigenvalue weighted by Crippen LogP contribution is 2.66. The van der Waals surface area contributed by atoms with Gasteiger partial charge >= 0.3 is 0 Å². The molecule has 0 aliphatic heterocycles. The van der Waals surface area contributed by atoms with E-state index in [0.717, 1.165) is 50.9 Å². The van der Waals surface area contributed by atoms with Crippen molar-refractivity contribution in [3.63, 3.8) is 0 Å². The molecule has 4 nitrogen and oxygen atoms in total. The van der Waals surface area contributed by atoms with E-state index in [1.807, 2.05) is 0 Å². The molecule has 5 fully saturated rings. The summed E-state index contributed by atoms with van der Waals surface area (Å²) in [5.41, 5.74) is 0.231. The second-order valence-corrected chi connectivity index (χ2v) is 13.4. The van der Waals surface area contributed by atoms with Crippen LogP contribution in [0.25, 0.3) is 0 Å². The number of carbonyl (C=O) groups is 1. The number of fused-ring (bicyclic) bond motifs is 5. The van der Waals surface area contributed by atoms with Crippen molar-refractivity contribution in [1.82, 2.24) is 5.32 Å². The van der Waals surface area contributed by atoms with Gasteiger partial charge in [0.1, 0.15) is 0 Å². The van der Waals surface area contributed by atoms with E-state index in [0.29, 0.717) is 17.2 Å². The third-order valence-corrected chi connectivity index (χ3v) is 11.9. The summed E-state index contributed by atoms with van der Waals surface area (Å²) in [4.78, 5) is 13.4. The Labute approximate surface area is 165 Å². The van der Waals surface area contributed by atoms with Gasteiger partial charge in [0, 0.05) is 17.2 Å². The van der Waals surface area contributed by atoms with E-state index in [2.05, 4.69) is 26.1 Å². The average Bonchev–Trinajstić information content (AvgIpc) is 2.96. The fourth-order valence-electron chi connectivity index (χ4n) is 7.12. The summed E-state index contributed by atoms with van der Waals surface area (Å²) in [7, 11) is -2.95. The van der Waals surface area contributed by atoms with Crippen LogP contribution in [0.15, 0.2) is 0 Å². The third-order valence-electron chi connectivity index (χ3n) is 9.95. The molecule has 1 N–H and O–H groups in total. The van der Waals surface area contributed by atoms with Gasteiger partial charge in [-0.05, 0) is 80.0 Å². The molecule has 0 heterocycles. The Bertz CT molecular complexity index is 716. The van der Waals surface area contributed by atoms with Crippen LogP contribution in [0.3, 0.4) is 0 Å². The van der Waals surface area contributed by atoms with Crippen molar-refractivity contribution in [1.29, 1.82) is 0 Å². The van der Waals surface area contributed by atoms with Crippen LogP contribution in [0.2, 0.25) is 0 Å². The Morgan fingerprint density at radius 1 is 1.00 bits per heavy atom. The summed E-state index contributed by atoms with van der Waals surface area (Å²) >= 11 is 0. The molecule has 3 atom stereocenters. The van der Waals surface area contributed by atoms with Gasteiger partial charge in [-0.15, -0.1) is 0 Å². The predicted molar refractivity (Wildman–Crippen MR) is 108 cm³/mol. The molecule has 5 heteroatoms. The molecule has 5 aliphatic carbocycles. The Balaban J connectivity index is 1.44. The lowest BCUT2D eigenvalue weighted by Crippen LogP contribution is -2.56. The average molecular weight is 396 g/mol. The molecule has 0 radical (unpaired) electrons. The number of amides is 1. The summed E-state index contributed by atoms with van der Waals surface area (Å²) in [6, 6.07) is 0.308. The van der Waals surface area contributed by atoms with Gasteiger partial charge in [0.2, 0.25) is 5.91 Å². The highest BCUT2D eigenvalue weighted by Gasteiger charge is 2.62. The maximum atomic E-state index is 13.4. The Morgan fingerprint density at radius 2 is 1.59 bits per heavy atom. The molecule has 5 saturated carbocycles. The molecule has 27 heavy (non-hydrogen) atoms. The summed E-state index contributed by atoms with van der Waals surface area (Å²) in [6.07, 6.45) is 8.96. The van der Waals surface area contributed by atoms with Crippen LogP contribution in [0, 0.1) is 27.6 Å². The van der Waals surface area contributed by atoms with Crippen LogP contribution in [-0.4, -0.2) is 31.9 Å². The van der Waals surface area contributed by atoms with Crippen molar-refractivity contribution in [2.24, 2.45) is 27.6 Å². The van der Waals surface area contributed by atoms with Crippen LogP contribution >= 0.6 is 0 Å². The molecule has 5 aliphatic rings. The second-order valence-electron chi connectivity index (χ2n) is 11.1. The van der Waals surface area contributed by atoms with E-state index in [1.165, 1.54) is 12.8 Å². The first-order valence-corrected chi connectivity index (χ1v) is 12.8. The quantitative estimate of drug-likeness (QED) is 0.762. The summed E-state index contributed by atoms with van der Waals surface area (Å²) in [6.45, 7) is 8.90. The number of nitrogens with one attached hydrogen (secondary N) is 1. The van der Waals surface area contributed by atoms with Gasteiger partial charge in [0.15, 0.2) is 9.84 Å². The molecule has 0 spiro atoms. The van der Waals surface area contributed by atoms with E-state index in [-0.39, 0.29) is 27.9 Å². The smallest absolute Gasteiger partial charge is 0.226 e. The number of sulfone groups is 1. The second kappa shape index (κ2) is 5.96. The van der Waals surface area contributed by atoms with E-state index in [1.54, 1.807) is 6.92 Å². The van der Waals surface area contributed by atoms with Gasteiger partial charge in [-0.25, -0.2) is 8.42 Å². The van der Waals surface area contributed by atoms with Crippen molar-refractivity contribution >= 4 is 15.7 Å². The minimum absolute atomic E-state index is 0.0583. The lowest BCUT2D eigenvalue weighted by Gasteiger charge is -2.53. The van der Waals surface area contributed by atoms with Crippen molar-refractivity contribution in [3.8, 4) is 0 Å². The van der Waals surface area contributed by atoms with E-state index in [4.69, 9.17) is 0 Å². The molecule has 0 aromatic rings. The van der Waals surface area contributed by atoms with Gasteiger partial charge < -0.3 is 5.32 Å². The fourth-order valence-corrected chi connectivity index (χ4v) is 8.69. The van der Waals surface area contributed by atoms with Crippen LogP contribution in [-0.2, 0) is 14.6 Å². The van der Waals surface area contributed by atoms with Gasteiger partial charge in [-0.2, -0.15) is 0 Å². The first-order valence-electron chi connectivity index (χ1n) is 11.0. The van der Waals surface area contributed by atoms with E-state index < -0.39 is 9.84 Å². The number of carbonyl (C=O) groups excluding carboxylic acids is 1. The number of hydrogen-bond donors (Lipinski definition) is 1. The van der Waals surface area contributed by atoms with Crippen molar-refractivity contribution in [2.45, 2.75) is 91.5 Å². The maximum absolute atomic E-state index is 13.4. The normalized spacial score (nSPS) is 45.2. The standard InChI is InChI=1S/C22H37NO3S/c1-5-27(25,26)15-21-8-11-22(12-9-21,13-10-21)18(24)23-17-14-16-6-7-20(17,4)19(16,2)3/h16-17H,5-15H2,1-4H3,(H,23,24)/t16-,17+,20+,21?,22?/m0/s1. The molecule has 0 saturated heterocycles. The largest absolute Gasteiger partial charge is 0.352 e. The molecule has 0 aromatic heterocycles. The zero-order valence-electron chi connectivity index (χ0n) is 17.6. The molecular formula is C22H37NO3S. The molecular weight excluding hydrogens is 358 g/mol. The highest BCUT2D eigenvalue weighted by molar-refractivity contribution is 7.91. The SMILES string of the molecule is CCS(=O)(=O)CC12CCC(C(=O)N[C@@H]3C[C@@H]4CC[C@@]3(C)C4(C)C)(CC1)CC2. The molecule has 1 amide bonds. The first kappa shape index (κ1) is 19.7. The zero-order valence-corrected chi connectivity index (χ0v) is 18.4. The minimum Gasteiger partial charge on any atom is -0.352 e. The van der Waals surface area contributed by atoms with Gasteiger partial charge in [0.25, 0.3) is 0 Å². The summed E-state index contributed by atoms with van der Waals surface area (Å²) < 4.78 is 24.4. The van der Waals surface area contributed by atoms with Gasteiger partial charge in [-0.3, -0.25) is 4.79 Å². The predicted octanol–water partition coefficient (Wildman–Crippen LogP) is 4.09. The topological polar surface area (TPSA) is 63.2 Å². The molecule has 5 rings (SSSR count).